The zero-order chi connectivity index (χ0) is 34.6. The molecule has 0 unspecified atom stereocenters. The van der Waals surface area contributed by atoms with Gasteiger partial charge in [-0.15, -0.1) is 0 Å². The van der Waals surface area contributed by atoms with Gasteiger partial charge in [-0.05, 0) is 71.6 Å². The molecule has 7 nitrogen and oxygen atoms in total. The molecule has 0 saturated heterocycles. The summed E-state index contributed by atoms with van der Waals surface area (Å²) in [6, 6.07) is 37.9. The Morgan fingerprint density at radius 2 is 1.06 bits per heavy atom. The van der Waals surface area contributed by atoms with Crippen LogP contribution < -0.4 is 14.2 Å². The van der Waals surface area contributed by atoms with Crippen molar-refractivity contribution in [2.24, 2.45) is 0 Å². The van der Waals surface area contributed by atoms with Gasteiger partial charge in [-0.3, -0.25) is 4.79 Å². The molecule has 0 atom stereocenters. The van der Waals surface area contributed by atoms with Crippen LogP contribution in [0.1, 0.15) is 58.9 Å². The van der Waals surface area contributed by atoms with Crippen molar-refractivity contribution in [3.05, 3.63) is 159 Å². The first-order chi connectivity index (χ1) is 23.6. The summed E-state index contributed by atoms with van der Waals surface area (Å²) in [5.41, 5.74) is 3.63. The Kier molecular flexibility index (Phi) is 12.1. The van der Waals surface area contributed by atoms with Crippen LogP contribution in [0.4, 0.5) is 0 Å². The van der Waals surface area contributed by atoms with E-state index in [1.165, 1.54) is 0 Å². The number of benzene rings is 5. The lowest BCUT2D eigenvalue weighted by Crippen LogP contribution is -2.24. The van der Waals surface area contributed by atoms with E-state index in [0.717, 1.165) is 22.3 Å². The highest BCUT2D eigenvalue weighted by atomic mass is 79.9. The summed E-state index contributed by atoms with van der Waals surface area (Å²) < 4.78 is 30.7. The maximum atomic E-state index is 13.5. The van der Waals surface area contributed by atoms with Crippen molar-refractivity contribution in [3.8, 4) is 17.2 Å². The van der Waals surface area contributed by atoms with Gasteiger partial charge in [0.1, 0.15) is 49.3 Å². The zero-order valence-electron chi connectivity index (χ0n) is 27.8. The van der Waals surface area contributed by atoms with Crippen molar-refractivity contribution < 1.29 is 33.3 Å². The van der Waals surface area contributed by atoms with Crippen LogP contribution in [0.25, 0.3) is 0 Å². The molecule has 0 bridgehead atoms. The molecular weight excluding hydrogens is 684 g/mol. The van der Waals surface area contributed by atoms with Crippen LogP contribution in [0.2, 0.25) is 0 Å². The number of halogens is 1. The Labute approximate surface area is 295 Å². The van der Waals surface area contributed by atoms with E-state index in [0.29, 0.717) is 33.9 Å². The molecule has 8 heteroatoms. The van der Waals surface area contributed by atoms with Crippen LogP contribution >= 0.6 is 15.9 Å². The number of esters is 2. The molecule has 0 aromatic heterocycles. The molecule has 0 aliphatic rings. The molecule has 0 heterocycles. The predicted molar refractivity (Wildman–Crippen MR) is 192 cm³/mol. The maximum Gasteiger partial charge on any atom is 0.338 e. The Morgan fingerprint density at radius 1 is 0.592 bits per heavy atom. The Hall–Kier alpha value is -5.08. The predicted octanol–water partition coefficient (Wildman–Crippen LogP) is 9.43. The van der Waals surface area contributed by atoms with E-state index in [4.69, 9.17) is 23.7 Å². The Balaban J connectivity index is 1.39. The zero-order valence-corrected chi connectivity index (χ0v) is 29.4. The summed E-state index contributed by atoms with van der Waals surface area (Å²) in [5.74, 6) is 0.259. The van der Waals surface area contributed by atoms with E-state index < -0.39 is 17.5 Å². The molecular formula is C41H39BrO7. The average Bonchev–Trinajstić information content (AvgIpc) is 3.10. The Bertz CT molecular complexity index is 1770. The highest BCUT2D eigenvalue weighted by molar-refractivity contribution is 9.10. The fourth-order valence-corrected chi connectivity index (χ4v) is 5.34. The quantitative estimate of drug-likeness (QED) is 0.106. The smallest absolute Gasteiger partial charge is 0.338 e. The van der Waals surface area contributed by atoms with Crippen LogP contribution in [-0.4, -0.2) is 17.5 Å². The summed E-state index contributed by atoms with van der Waals surface area (Å²) in [5, 5.41) is 0. The minimum absolute atomic E-state index is 0.0123. The minimum Gasteiger partial charge on any atom is -0.488 e. The monoisotopic (exact) mass is 722 g/mol. The van der Waals surface area contributed by atoms with Crippen molar-refractivity contribution >= 4 is 27.9 Å². The number of rotatable bonds is 14. The number of carbonyl (C=O) groups excluding carboxylic acids is 2. The van der Waals surface area contributed by atoms with E-state index >= 15 is 0 Å². The van der Waals surface area contributed by atoms with Gasteiger partial charge in [0, 0.05) is 11.1 Å². The summed E-state index contributed by atoms with van der Waals surface area (Å²) in [6.45, 7) is 6.25. The van der Waals surface area contributed by atoms with Crippen molar-refractivity contribution in [2.45, 2.75) is 59.2 Å². The molecule has 0 spiro atoms. The van der Waals surface area contributed by atoms with E-state index in [1.807, 2.05) is 109 Å². The topological polar surface area (TPSA) is 80.3 Å². The lowest BCUT2D eigenvalue weighted by molar-refractivity contribution is -0.144. The molecule has 0 radical (unpaired) electrons. The molecule has 49 heavy (non-hydrogen) atoms. The third kappa shape index (κ3) is 10.7. The van der Waals surface area contributed by atoms with Gasteiger partial charge in [-0.2, -0.15) is 0 Å². The second kappa shape index (κ2) is 16.8. The number of carbonyl (C=O) groups is 2. The third-order valence-electron chi connectivity index (χ3n) is 7.27. The van der Waals surface area contributed by atoms with Gasteiger partial charge in [0.15, 0.2) is 0 Å². The lowest BCUT2D eigenvalue weighted by atomic mass is 10.0. The van der Waals surface area contributed by atoms with Crippen LogP contribution in [0.5, 0.6) is 17.2 Å². The van der Waals surface area contributed by atoms with Crippen LogP contribution in [-0.2, 0) is 47.1 Å². The van der Waals surface area contributed by atoms with Gasteiger partial charge in [0.2, 0.25) is 0 Å². The van der Waals surface area contributed by atoms with Crippen molar-refractivity contribution in [1.82, 2.24) is 0 Å². The van der Waals surface area contributed by atoms with Gasteiger partial charge >= 0.3 is 11.9 Å². The number of hydrogen-bond donors (Lipinski definition) is 0. The van der Waals surface area contributed by atoms with E-state index in [-0.39, 0.29) is 31.8 Å². The van der Waals surface area contributed by atoms with Gasteiger partial charge in [0.25, 0.3) is 0 Å². The Morgan fingerprint density at radius 3 is 1.53 bits per heavy atom. The highest BCUT2D eigenvalue weighted by Gasteiger charge is 2.24. The SMILES string of the molecule is CC(C)(C)OC(=O)c1cc(OCc2ccccc2)c(CC(=O)OCc2cccc(OCc3ccccc3)c2Br)c(OCc2ccccc2)c1. The van der Waals surface area contributed by atoms with Gasteiger partial charge in [0.05, 0.1) is 16.5 Å². The second-order valence-electron chi connectivity index (χ2n) is 12.3. The van der Waals surface area contributed by atoms with Crippen molar-refractivity contribution in [1.29, 1.82) is 0 Å². The third-order valence-corrected chi connectivity index (χ3v) is 8.17. The normalized spacial score (nSPS) is 11.0. The molecule has 0 aliphatic heterocycles. The summed E-state index contributed by atoms with van der Waals surface area (Å²) >= 11 is 3.62. The number of hydrogen-bond acceptors (Lipinski definition) is 7. The molecule has 0 saturated carbocycles. The first-order valence-corrected chi connectivity index (χ1v) is 16.8. The summed E-state index contributed by atoms with van der Waals surface area (Å²) in [6.07, 6.45) is -0.162. The molecule has 0 N–H and O–H groups in total. The van der Waals surface area contributed by atoms with Gasteiger partial charge in [-0.1, -0.05) is 103 Å². The number of ether oxygens (including phenoxy) is 5. The molecule has 0 amide bonds. The fraction of sp³-hybridized carbons (Fsp3) is 0.220. The molecule has 5 rings (SSSR count). The fourth-order valence-electron chi connectivity index (χ4n) is 4.85. The van der Waals surface area contributed by atoms with Gasteiger partial charge < -0.3 is 23.7 Å². The standard InChI is InChI=1S/C41H39BrO7/c1-41(2,3)49-40(44)33-22-36(46-26-30-16-9-5-10-17-30)34(37(23-33)47-27-31-18-11-6-12-19-31)24-38(43)48-28-32-20-13-21-35(39(32)42)45-25-29-14-7-4-8-15-29/h4-23H,24-28H2,1-3H3. The first-order valence-electron chi connectivity index (χ1n) is 16.0. The van der Waals surface area contributed by atoms with Crippen LogP contribution in [0.3, 0.4) is 0 Å². The van der Waals surface area contributed by atoms with E-state index in [2.05, 4.69) is 15.9 Å². The van der Waals surface area contributed by atoms with E-state index in [1.54, 1.807) is 32.9 Å². The van der Waals surface area contributed by atoms with Crippen molar-refractivity contribution in [3.63, 3.8) is 0 Å². The summed E-state index contributed by atoms with van der Waals surface area (Å²) in [7, 11) is 0. The highest BCUT2D eigenvalue weighted by Crippen LogP contribution is 2.35. The molecule has 0 fully saturated rings. The van der Waals surface area contributed by atoms with Gasteiger partial charge in [-0.25, -0.2) is 4.79 Å². The molecule has 252 valence electrons. The lowest BCUT2D eigenvalue weighted by Gasteiger charge is -2.22. The average molecular weight is 724 g/mol. The van der Waals surface area contributed by atoms with E-state index in [9.17, 15) is 9.59 Å². The first kappa shape index (κ1) is 35.2. The largest absolute Gasteiger partial charge is 0.488 e. The minimum atomic E-state index is -0.714. The van der Waals surface area contributed by atoms with Crippen LogP contribution in [0.15, 0.2) is 126 Å². The molecule has 0 aliphatic carbocycles. The van der Waals surface area contributed by atoms with Crippen LogP contribution in [0, 0.1) is 0 Å². The second-order valence-corrected chi connectivity index (χ2v) is 13.1. The van der Waals surface area contributed by atoms with Crippen molar-refractivity contribution in [2.75, 3.05) is 0 Å². The molecule has 5 aromatic rings. The summed E-state index contributed by atoms with van der Waals surface area (Å²) in [4.78, 5) is 26.7. The maximum absolute atomic E-state index is 13.5. The molecule has 5 aromatic carbocycles.